The first kappa shape index (κ1) is 16.5. The predicted molar refractivity (Wildman–Crippen MR) is 92.3 cm³/mol. The van der Waals surface area contributed by atoms with E-state index in [9.17, 15) is 14.7 Å². The van der Waals surface area contributed by atoms with Gasteiger partial charge in [-0.25, -0.2) is 0 Å². The van der Waals surface area contributed by atoms with E-state index < -0.39 is 0 Å². The largest absolute Gasteiger partial charge is 0.393 e. The van der Waals surface area contributed by atoms with E-state index in [0.717, 1.165) is 32.1 Å². The van der Waals surface area contributed by atoms with Crippen LogP contribution in [-0.4, -0.2) is 22.8 Å². The lowest BCUT2D eigenvalue weighted by molar-refractivity contribution is -0.129. The summed E-state index contributed by atoms with van der Waals surface area (Å²) in [5.74, 6) is 1.88. The second kappa shape index (κ2) is 5.27. The van der Waals surface area contributed by atoms with Crippen LogP contribution in [0.5, 0.6) is 0 Å². The number of aliphatic hydroxyl groups is 1. The van der Waals surface area contributed by atoms with E-state index in [4.69, 9.17) is 0 Å². The molecule has 4 aliphatic rings. The van der Waals surface area contributed by atoms with E-state index in [0.29, 0.717) is 30.5 Å². The second-order valence-electron chi connectivity index (χ2n) is 9.40. The molecule has 0 saturated heterocycles. The fourth-order valence-electron chi connectivity index (χ4n) is 7.26. The van der Waals surface area contributed by atoms with Crippen molar-refractivity contribution in [1.29, 1.82) is 0 Å². The first-order chi connectivity index (χ1) is 11.3. The van der Waals surface area contributed by atoms with Crippen LogP contribution in [-0.2, 0) is 9.59 Å². The summed E-state index contributed by atoms with van der Waals surface area (Å²) >= 11 is 0. The minimum absolute atomic E-state index is 0.0242. The Morgan fingerprint density at radius 3 is 2.67 bits per heavy atom. The molecule has 0 heterocycles. The van der Waals surface area contributed by atoms with Crippen LogP contribution in [0.4, 0.5) is 0 Å². The number of rotatable bonds is 1. The standard InChI is InChI=1S/C21H30O3/c1-12(22)17-11-18(24)19-15-5-4-13-10-14(23)6-8-20(13,2)16(15)7-9-21(17,19)3/h10,15-19,24H,4-9,11H2,1-3H3/t15-,16?,17-,18?,19?,20+,21-/m1/s1. The zero-order chi connectivity index (χ0) is 17.3. The molecule has 24 heavy (non-hydrogen) atoms. The van der Waals surface area contributed by atoms with Crippen LogP contribution < -0.4 is 0 Å². The summed E-state index contributed by atoms with van der Waals surface area (Å²) in [4.78, 5) is 24.1. The van der Waals surface area contributed by atoms with Crippen molar-refractivity contribution in [3.63, 3.8) is 0 Å². The lowest BCUT2D eigenvalue weighted by Crippen LogP contribution is -2.52. The molecule has 4 rings (SSSR count). The predicted octanol–water partition coefficient (Wildman–Crippen LogP) is 3.69. The summed E-state index contributed by atoms with van der Waals surface area (Å²) in [6.07, 6.45) is 8.12. The molecular formula is C21H30O3. The molecule has 0 aromatic heterocycles. The number of carbonyl (C=O) groups is 2. The average molecular weight is 330 g/mol. The van der Waals surface area contributed by atoms with Crippen LogP contribution in [0.3, 0.4) is 0 Å². The number of fused-ring (bicyclic) bond motifs is 5. The topological polar surface area (TPSA) is 54.4 Å². The first-order valence-electron chi connectivity index (χ1n) is 9.70. The third-order valence-electron chi connectivity index (χ3n) is 8.44. The highest BCUT2D eigenvalue weighted by Gasteiger charge is 2.62. The molecule has 0 aromatic rings. The van der Waals surface area contributed by atoms with Crippen LogP contribution >= 0.6 is 0 Å². The number of Topliss-reactive ketones (excluding diaryl/α,β-unsaturated/α-hetero) is 1. The molecule has 1 N–H and O–H groups in total. The Balaban J connectivity index is 1.70. The van der Waals surface area contributed by atoms with E-state index in [1.165, 1.54) is 5.57 Å². The van der Waals surface area contributed by atoms with Gasteiger partial charge in [0.1, 0.15) is 5.78 Å². The minimum atomic E-state index is -0.337. The van der Waals surface area contributed by atoms with Gasteiger partial charge in [-0.1, -0.05) is 19.4 Å². The summed E-state index contributed by atoms with van der Waals surface area (Å²) in [6.45, 7) is 6.32. The number of allylic oxidation sites excluding steroid dienone is 1. The molecule has 3 nitrogen and oxygen atoms in total. The molecule has 0 radical (unpaired) electrons. The van der Waals surface area contributed by atoms with Gasteiger partial charge >= 0.3 is 0 Å². The Labute approximate surface area is 144 Å². The van der Waals surface area contributed by atoms with Crippen molar-refractivity contribution in [3.8, 4) is 0 Å². The third-order valence-corrected chi connectivity index (χ3v) is 8.44. The van der Waals surface area contributed by atoms with Gasteiger partial charge in [0, 0.05) is 12.3 Å². The van der Waals surface area contributed by atoms with E-state index in [1.807, 2.05) is 6.08 Å². The van der Waals surface area contributed by atoms with Gasteiger partial charge in [-0.15, -0.1) is 0 Å². The molecule has 0 spiro atoms. The zero-order valence-electron chi connectivity index (χ0n) is 15.2. The van der Waals surface area contributed by atoms with Crippen molar-refractivity contribution in [1.82, 2.24) is 0 Å². The quantitative estimate of drug-likeness (QED) is 0.797. The summed E-state index contributed by atoms with van der Waals surface area (Å²) in [5, 5.41) is 10.8. The highest BCUT2D eigenvalue weighted by molar-refractivity contribution is 5.91. The Bertz CT molecular complexity index is 621. The molecule has 7 atom stereocenters. The molecule has 0 bridgehead atoms. The Hall–Kier alpha value is -0.960. The first-order valence-corrected chi connectivity index (χ1v) is 9.70. The van der Waals surface area contributed by atoms with Crippen LogP contribution in [0.2, 0.25) is 0 Å². The van der Waals surface area contributed by atoms with Crippen molar-refractivity contribution >= 4 is 11.6 Å². The second-order valence-corrected chi connectivity index (χ2v) is 9.40. The van der Waals surface area contributed by atoms with Crippen LogP contribution in [0, 0.1) is 34.5 Å². The van der Waals surface area contributed by atoms with E-state index >= 15 is 0 Å². The lowest BCUT2D eigenvalue weighted by Gasteiger charge is -2.58. The molecule has 0 aromatic carbocycles. The maximum Gasteiger partial charge on any atom is 0.155 e. The molecule has 0 amide bonds. The Morgan fingerprint density at radius 1 is 1.21 bits per heavy atom. The van der Waals surface area contributed by atoms with E-state index in [-0.39, 0.29) is 34.6 Å². The van der Waals surface area contributed by atoms with Gasteiger partial charge in [-0.2, -0.15) is 0 Å². The maximum atomic E-state index is 12.2. The van der Waals surface area contributed by atoms with Crippen molar-refractivity contribution in [2.24, 2.45) is 34.5 Å². The molecule has 3 heteroatoms. The SMILES string of the molecule is CC(=O)[C@H]1CC(O)C2[C@@H]3CCC4=CC(=O)CC[C@]4(C)C3CC[C@@]21C. The van der Waals surface area contributed by atoms with Gasteiger partial charge in [0.05, 0.1) is 6.10 Å². The number of hydrogen-bond acceptors (Lipinski definition) is 3. The van der Waals surface area contributed by atoms with Gasteiger partial charge in [0.2, 0.25) is 0 Å². The van der Waals surface area contributed by atoms with Gasteiger partial charge in [-0.05, 0) is 80.1 Å². The number of ketones is 2. The third kappa shape index (κ3) is 2.06. The van der Waals surface area contributed by atoms with Crippen LogP contribution in [0.25, 0.3) is 0 Å². The minimum Gasteiger partial charge on any atom is -0.393 e. The maximum absolute atomic E-state index is 12.2. The van der Waals surface area contributed by atoms with Gasteiger partial charge in [0.15, 0.2) is 5.78 Å². The number of carbonyl (C=O) groups excluding carboxylic acids is 2. The zero-order valence-corrected chi connectivity index (χ0v) is 15.2. The number of aliphatic hydroxyl groups excluding tert-OH is 1. The van der Waals surface area contributed by atoms with E-state index in [2.05, 4.69) is 13.8 Å². The molecule has 3 unspecified atom stereocenters. The van der Waals surface area contributed by atoms with Crippen molar-refractivity contribution < 1.29 is 14.7 Å². The van der Waals surface area contributed by atoms with Gasteiger partial charge < -0.3 is 5.11 Å². The van der Waals surface area contributed by atoms with Crippen LogP contribution in [0.1, 0.15) is 65.7 Å². The Kier molecular flexibility index (Phi) is 3.62. The highest BCUT2D eigenvalue weighted by atomic mass is 16.3. The summed E-state index contributed by atoms with van der Waals surface area (Å²) in [5.41, 5.74) is 1.46. The summed E-state index contributed by atoms with van der Waals surface area (Å²) in [7, 11) is 0. The molecule has 3 saturated carbocycles. The van der Waals surface area contributed by atoms with Crippen LogP contribution in [0.15, 0.2) is 11.6 Å². The van der Waals surface area contributed by atoms with Crippen molar-refractivity contribution in [3.05, 3.63) is 11.6 Å². The van der Waals surface area contributed by atoms with Crippen molar-refractivity contribution in [2.45, 2.75) is 71.8 Å². The average Bonchev–Trinajstić information content (AvgIpc) is 2.80. The van der Waals surface area contributed by atoms with E-state index in [1.54, 1.807) is 6.92 Å². The normalized spacial score (nSPS) is 50.6. The number of hydrogen-bond donors (Lipinski definition) is 1. The van der Waals surface area contributed by atoms with Crippen molar-refractivity contribution in [2.75, 3.05) is 0 Å². The van der Waals surface area contributed by atoms with Gasteiger partial charge in [0.25, 0.3) is 0 Å². The Morgan fingerprint density at radius 2 is 1.96 bits per heavy atom. The lowest BCUT2D eigenvalue weighted by atomic mass is 9.46. The fourth-order valence-corrected chi connectivity index (χ4v) is 7.26. The molecule has 0 aliphatic heterocycles. The molecule has 4 aliphatic carbocycles. The summed E-state index contributed by atoms with van der Waals surface area (Å²) in [6, 6.07) is 0. The monoisotopic (exact) mass is 330 g/mol. The summed E-state index contributed by atoms with van der Waals surface area (Å²) < 4.78 is 0. The highest BCUT2D eigenvalue weighted by Crippen LogP contribution is 2.66. The smallest absolute Gasteiger partial charge is 0.155 e. The fraction of sp³-hybridized carbons (Fsp3) is 0.810. The molecule has 3 fully saturated rings. The molecule has 132 valence electrons. The van der Waals surface area contributed by atoms with Gasteiger partial charge in [-0.3, -0.25) is 9.59 Å². The molecular weight excluding hydrogens is 300 g/mol.